The number of carbonyl (C=O) groups is 1. The Morgan fingerprint density at radius 2 is 1.49 bits per heavy atom. The molecule has 1 fully saturated rings. The van der Waals surface area contributed by atoms with Crippen LogP contribution in [0.25, 0.3) is 0 Å². The fourth-order valence-electron chi connectivity index (χ4n) is 3.72. The summed E-state index contributed by atoms with van der Waals surface area (Å²) in [7, 11) is -3.58. The normalized spacial score (nSPS) is 14.3. The number of benzene rings is 3. The minimum absolute atomic E-state index is 0.178. The van der Waals surface area contributed by atoms with E-state index in [0.29, 0.717) is 43.5 Å². The van der Waals surface area contributed by atoms with Crippen LogP contribution in [0.2, 0.25) is 0 Å². The molecule has 0 aromatic heterocycles. The summed E-state index contributed by atoms with van der Waals surface area (Å²) >= 11 is 0. The Balaban J connectivity index is 1.28. The third-order valence-electron chi connectivity index (χ3n) is 5.37. The lowest BCUT2D eigenvalue weighted by Crippen LogP contribution is -2.40. The van der Waals surface area contributed by atoms with Crippen molar-refractivity contribution in [3.05, 3.63) is 77.9 Å². The molecule has 1 amide bonds. The number of carbonyl (C=O) groups excluding carboxylic acids is 1. The second kappa shape index (κ2) is 10.9. The van der Waals surface area contributed by atoms with Crippen LogP contribution in [-0.2, 0) is 19.6 Å². The average Bonchev–Trinajstić information content (AvgIpc) is 2.84. The van der Waals surface area contributed by atoms with Crippen LogP contribution in [0.3, 0.4) is 0 Å². The first kappa shape index (κ1) is 24.7. The highest BCUT2D eigenvalue weighted by atomic mass is 32.2. The van der Waals surface area contributed by atoms with Crippen LogP contribution in [0.15, 0.2) is 71.6 Å². The molecule has 8 nitrogen and oxygen atoms in total. The third-order valence-corrected chi connectivity index (χ3v) is 7.28. The van der Waals surface area contributed by atoms with Crippen molar-refractivity contribution in [1.82, 2.24) is 4.31 Å². The SMILES string of the molecule is Cc1cc(C)cc(Oc2ccc(OCC(=O)Nc3ccc(S(=O)(=O)N4CCOCC4)cc3)cc2)c1. The van der Waals surface area contributed by atoms with Crippen LogP contribution < -0.4 is 14.8 Å². The Morgan fingerprint density at radius 1 is 0.886 bits per heavy atom. The zero-order chi connectivity index (χ0) is 24.8. The number of aryl methyl sites for hydroxylation is 2. The quantitative estimate of drug-likeness (QED) is 0.504. The fourth-order valence-corrected chi connectivity index (χ4v) is 5.13. The molecule has 4 rings (SSSR count). The number of nitrogens with one attached hydrogen (secondary N) is 1. The van der Waals surface area contributed by atoms with Gasteiger partial charge >= 0.3 is 0 Å². The minimum Gasteiger partial charge on any atom is -0.484 e. The Hall–Kier alpha value is -3.40. The van der Waals surface area contributed by atoms with Crippen LogP contribution in [0.4, 0.5) is 5.69 Å². The van der Waals surface area contributed by atoms with Gasteiger partial charge in [-0.15, -0.1) is 0 Å². The molecule has 0 radical (unpaired) electrons. The van der Waals surface area contributed by atoms with E-state index in [9.17, 15) is 13.2 Å². The second-order valence-electron chi connectivity index (χ2n) is 8.27. The number of sulfonamides is 1. The molecule has 1 saturated heterocycles. The number of amides is 1. The first-order chi connectivity index (χ1) is 16.8. The molecule has 0 unspecified atom stereocenters. The number of rotatable bonds is 8. The van der Waals surface area contributed by atoms with Gasteiger partial charge in [0.05, 0.1) is 18.1 Å². The van der Waals surface area contributed by atoms with Gasteiger partial charge in [-0.2, -0.15) is 4.31 Å². The van der Waals surface area contributed by atoms with Gasteiger partial charge in [-0.25, -0.2) is 8.42 Å². The molecular weight excluding hydrogens is 468 g/mol. The first-order valence-electron chi connectivity index (χ1n) is 11.3. The summed E-state index contributed by atoms with van der Waals surface area (Å²) in [5.41, 5.74) is 2.73. The van der Waals surface area contributed by atoms with Crippen molar-refractivity contribution in [1.29, 1.82) is 0 Å². The summed E-state index contributed by atoms with van der Waals surface area (Å²) in [6.45, 7) is 5.27. The van der Waals surface area contributed by atoms with Crippen LogP contribution in [0, 0.1) is 13.8 Å². The molecule has 1 aliphatic rings. The largest absolute Gasteiger partial charge is 0.484 e. The summed E-state index contributed by atoms with van der Waals surface area (Å²) in [5.74, 6) is 1.60. The maximum atomic E-state index is 12.7. The van der Waals surface area contributed by atoms with Crippen molar-refractivity contribution in [2.45, 2.75) is 18.7 Å². The number of nitrogens with zero attached hydrogens (tertiary/aromatic N) is 1. The molecule has 35 heavy (non-hydrogen) atoms. The molecule has 0 bridgehead atoms. The smallest absolute Gasteiger partial charge is 0.262 e. The molecule has 1 N–H and O–H groups in total. The van der Waals surface area contributed by atoms with Crippen molar-refractivity contribution in [2.75, 3.05) is 38.2 Å². The van der Waals surface area contributed by atoms with Gasteiger partial charge in [-0.3, -0.25) is 4.79 Å². The van der Waals surface area contributed by atoms with Gasteiger partial charge in [0.1, 0.15) is 17.2 Å². The molecule has 0 saturated carbocycles. The van der Waals surface area contributed by atoms with E-state index < -0.39 is 10.0 Å². The van der Waals surface area contributed by atoms with E-state index in [-0.39, 0.29) is 17.4 Å². The monoisotopic (exact) mass is 496 g/mol. The van der Waals surface area contributed by atoms with Crippen molar-refractivity contribution in [3.63, 3.8) is 0 Å². The first-order valence-corrected chi connectivity index (χ1v) is 12.7. The van der Waals surface area contributed by atoms with E-state index in [1.807, 2.05) is 26.0 Å². The topological polar surface area (TPSA) is 94.2 Å². The number of hydrogen-bond acceptors (Lipinski definition) is 6. The zero-order valence-corrected chi connectivity index (χ0v) is 20.5. The van der Waals surface area contributed by atoms with Crippen molar-refractivity contribution < 1.29 is 27.4 Å². The summed E-state index contributed by atoms with van der Waals surface area (Å²) < 4.78 is 43.4. The molecule has 1 aliphatic heterocycles. The summed E-state index contributed by atoms with van der Waals surface area (Å²) in [4.78, 5) is 12.5. The van der Waals surface area contributed by atoms with Gasteiger partial charge < -0.3 is 19.5 Å². The lowest BCUT2D eigenvalue weighted by molar-refractivity contribution is -0.118. The molecule has 3 aromatic carbocycles. The summed E-state index contributed by atoms with van der Waals surface area (Å²) in [6.07, 6.45) is 0. The number of anilines is 1. The summed E-state index contributed by atoms with van der Waals surface area (Å²) in [6, 6.07) is 19.1. The van der Waals surface area contributed by atoms with Crippen molar-refractivity contribution in [2.24, 2.45) is 0 Å². The predicted octanol–water partition coefficient (Wildman–Crippen LogP) is 4.13. The van der Waals surface area contributed by atoms with Crippen LogP contribution in [-0.4, -0.2) is 51.5 Å². The van der Waals surface area contributed by atoms with E-state index in [4.69, 9.17) is 14.2 Å². The number of ether oxygens (including phenoxy) is 3. The maximum Gasteiger partial charge on any atom is 0.262 e. The van der Waals surface area contributed by atoms with E-state index in [1.165, 1.54) is 16.4 Å². The van der Waals surface area contributed by atoms with E-state index in [1.54, 1.807) is 36.4 Å². The Bertz CT molecular complexity index is 1250. The van der Waals surface area contributed by atoms with Gasteiger partial charge in [-0.1, -0.05) is 6.07 Å². The van der Waals surface area contributed by atoms with Gasteiger partial charge in [0.2, 0.25) is 10.0 Å². The Labute approximate surface area is 205 Å². The standard InChI is InChI=1S/C26H28N2O6S/c1-19-15-20(2)17-24(16-19)34-23-7-5-22(6-8-23)33-18-26(29)27-21-3-9-25(10-4-21)35(30,31)28-11-13-32-14-12-28/h3-10,15-17H,11-14,18H2,1-2H3,(H,27,29). The van der Waals surface area contributed by atoms with Crippen molar-refractivity contribution in [3.8, 4) is 17.2 Å². The number of morpholine rings is 1. The molecule has 184 valence electrons. The second-order valence-corrected chi connectivity index (χ2v) is 10.2. The molecular formula is C26H28N2O6S. The average molecular weight is 497 g/mol. The third kappa shape index (κ3) is 6.60. The Morgan fingerprint density at radius 3 is 2.11 bits per heavy atom. The van der Waals surface area contributed by atoms with Gasteiger partial charge in [0.15, 0.2) is 6.61 Å². The van der Waals surface area contributed by atoms with Crippen molar-refractivity contribution >= 4 is 21.6 Å². The molecule has 1 heterocycles. The lowest BCUT2D eigenvalue weighted by atomic mass is 10.1. The van der Waals surface area contributed by atoms with E-state index in [2.05, 4.69) is 11.4 Å². The number of hydrogen-bond donors (Lipinski definition) is 1. The maximum absolute atomic E-state index is 12.7. The predicted molar refractivity (Wildman–Crippen MR) is 133 cm³/mol. The van der Waals surface area contributed by atoms with Crippen LogP contribution >= 0.6 is 0 Å². The Kier molecular flexibility index (Phi) is 7.70. The highest BCUT2D eigenvalue weighted by Crippen LogP contribution is 2.26. The van der Waals surface area contributed by atoms with Crippen LogP contribution in [0.5, 0.6) is 17.2 Å². The van der Waals surface area contributed by atoms with E-state index in [0.717, 1.165) is 16.9 Å². The van der Waals surface area contributed by atoms with Crippen LogP contribution in [0.1, 0.15) is 11.1 Å². The minimum atomic E-state index is -3.58. The van der Waals surface area contributed by atoms with Gasteiger partial charge in [0.25, 0.3) is 5.91 Å². The van der Waals surface area contributed by atoms with E-state index >= 15 is 0 Å². The zero-order valence-electron chi connectivity index (χ0n) is 19.7. The highest BCUT2D eigenvalue weighted by molar-refractivity contribution is 7.89. The molecule has 9 heteroatoms. The fraction of sp³-hybridized carbons (Fsp3) is 0.269. The highest BCUT2D eigenvalue weighted by Gasteiger charge is 2.26. The molecule has 0 spiro atoms. The van der Waals surface area contributed by atoms with Gasteiger partial charge in [-0.05, 0) is 85.6 Å². The van der Waals surface area contributed by atoms with Gasteiger partial charge in [0, 0.05) is 18.8 Å². The molecule has 0 aliphatic carbocycles. The lowest BCUT2D eigenvalue weighted by Gasteiger charge is -2.26. The summed E-state index contributed by atoms with van der Waals surface area (Å²) in [5, 5.41) is 2.71. The molecule has 3 aromatic rings. The molecule has 0 atom stereocenters.